The van der Waals surface area contributed by atoms with Gasteiger partial charge in [-0.3, -0.25) is 0 Å². The van der Waals surface area contributed by atoms with E-state index in [2.05, 4.69) is 41.6 Å². The van der Waals surface area contributed by atoms with Crippen molar-refractivity contribution in [1.82, 2.24) is 4.98 Å². The second kappa shape index (κ2) is 8.06. The maximum absolute atomic E-state index is 5.39. The minimum Gasteiger partial charge on any atom is -0.493 e. The predicted octanol–water partition coefficient (Wildman–Crippen LogP) is 5.31. The fourth-order valence-corrected chi connectivity index (χ4v) is 3.31. The maximum Gasteiger partial charge on any atom is 0.203 e. The zero-order chi connectivity index (χ0) is 18.5. The second-order valence-electron chi connectivity index (χ2n) is 5.73. The largest absolute Gasteiger partial charge is 0.493 e. The topological polar surface area (TPSA) is 40.6 Å². The van der Waals surface area contributed by atoms with Crippen LogP contribution in [-0.4, -0.2) is 26.3 Å². The summed E-state index contributed by atoms with van der Waals surface area (Å²) < 4.78 is 16.1. The second-order valence-corrected chi connectivity index (χ2v) is 6.62. The SMILES string of the molecule is COc1cc(/C=C/c2nc(-c3ccc(C)cc3)cs2)cc(OC)c1OC. The number of aryl methyl sites for hydroxylation is 1. The summed E-state index contributed by atoms with van der Waals surface area (Å²) in [5.74, 6) is 1.85. The normalized spacial score (nSPS) is 10.9. The van der Waals surface area contributed by atoms with Gasteiger partial charge < -0.3 is 14.2 Å². The van der Waals surface area contributed by atoms with Gasteiger partial charge in [0.15, 0.2) is 11.5 Å². The summed E-state index contributed by atoms with van der Waals surface area (Å²) in [5, 5.41) is 3.01. The lowest BCUT2D eigenvalue weighted by Gasteiger charge is -2.12. The lowest BCUT2D eigenvalue weighted by Crippen LogP contribution is -1.95. The number of nitrogens with zero attached hydrogens (tertiary/aromatic N) is 1. The van der Waals surface area contributed by atoms with E-state index < -0.39 is 0 Å². The van der Waals surface area contributed by atoms with Gasteiger partial charge in [0.2, 0.25) is 5.75 Å². The average molecular weight is 367 g/mol. The standard InChI is InChI=1S/C21H21NO3S/c1-14-5-8-16(9-6-14)17-13-26-20(22-17)10-7-15-11-18(23-2)21(25-4)19(12-15)24-3/h5-13H,1-4H3/b10-7+. The van der Waals surface area contributed by atoms with Gasteiger partial charge in [-0.15, -0.1) is 11.3 Å². The molecule has 3 rings (SSSR count). The molecule has 0 unspecified atom stereocenters. The molecule has 0 atom stereocenters. The van der Waals surface area contributed by atoms with Crippen molar-refractivity contribution in [3.63, 3.8) is 0 Å². The number of benzene rings is 2. The molecule has 0 bridgehead atoms. The lowest BCUT2D eigenvalue weighted by molar-refractivity contribution is 0.324. The van der Waals surface area contributed by atoms with Crippen LogP contribution in [0.25, 0.3) is 23.4 Å². The van der Waals surface area contributed by atoms with Crippen LogP contribution in [0.2, 0.25) is 0 Å². The van der Waals surface area contributed by atoms with Gasteiger partial charge in [-0.05, 0) is 30.7 Å². The zero-order valence-electron chi connectivity index (χ0n) is 15.3. The summed E-state index contributed by atoms with van der Waals surface area (Å²) in [6, 6.07) is 12.2. The van der Waals surface area contributed by atoms with Gasteiger partial charge in [-0.2, -0.15) is 0 Å². The molecular formula is C21H21NO3S. The van der Waals surface area contributed by atoms with Crippen LogP contribution in [-0.2, 0) is 0 Å². The van der Waals surface area contributed by atoms with Crippen molar-refractivity contribution in [2.75, 3.05) is 21.3 Å². The van der Waals surface area contributed by atoms with Crippen LogP contribution >= 0.6 is 11.3 Å². The molecule has 0 spiro atoms. The molecule has 5 heteroatoms. The monoisotopic (exact) mass is 367 g/mol. The van der Waals surface area contributed by atoms with E-state index in [0.717, 1.165) is 21.8 Å². The van der Waals surface area contributed by atoms with E-state index in [0.29, 0.717) is 17.2 Å². The summed E-state index contributed by atoms with van der Waals surface area (Å²) in [5.41, 5.74) is 4.30. The lowest BCUT2D eigenvalue weighted by atomic mass is 10.1. The van der Waals surface area contributed by atoms with Gasteiger partial charge in [-0.25, -0.2) is 4.98 Å². The van der Waals surface area contributed by atoms with Gasteiger partial charge >= 0.3 is 0 Å². The van der Waals surface area contributed by atoms with Gasteiger partial charge in [0, 0.05) is 10.9 Å². The molecule has 0 aliphatic rings. The first-order valence-corrected chi connectivity index (χ1v) is 9.03. The maximum atomic E-state index is 5.39. The van der Waals surface area contributed by atoms with Crippen molar-refractivity contribution in [1.29, 1.82) is 0 Å². The molecule has 4 nitrogen and oxygen atoms in total. The van der Waals surface area contributed by atoms with Crippen LogP contribution in [0.1, 0.15) is 16.1 Å². The number of hydrogen-bond acceptors (Lipinski definition) is 5. The highest BCUT2D eigenvalue weighted by molar-refractivity contribution is 7.10. The van der Waals surface area contributed by atoms with Gasteiger partial charge in [-0.1, -0.05) is 35.9 Å². The third-order valence-corrected chi connectivity index (χ3v) is 4.78. The third-order valence-electron chi connectivity index (χ3n) is 3.97. The number of aromatic nitrogens is 1. The number of rotatable bonds is 6. The van der Waals surface area contributed by atoms with E-state index in [4.69, 9.17) is 14.2 Å². The number of hydrogen-bond donors (Lipinski definition) is 0. The minimum atomic E-state index is 0.586. The Morgan fingerprint density at radius 3 is 2.12 bits per heavy atom. The molecule has 0 saturated carbocycles. The summed E-state index contributed by atoms with van der Waals surface area (Å²) in [7, 11) is 4.82. The fourth-order valence-electron chi connectivity index (χ4n) is 2.59. The zero-order valence-corrected chi connectivity index (χ0v) is 16.1. The van der Waals surface area contributed by atoms with E-state index in [1.807, 2.05) is 24.3 Å². The first-order chi connectivity index (χ1) is 12.6. The van der Waals surface area contributed by atoms with Crippen molar-refractivity contribution < 1.29 is 14.2 Å². The highest BCUT2D eigenvalue weighted by Gasteiger charge is 2.12. The minimum absolute atomic E-state index is 0.586. The van der Waals surface area contributed by atoms with E-state index in [1.54, 1.807) is 32.7 Å². The van der Waals surface area contributed by atoms with Crippen molar-refractivity contribution in [3.8, 4) is 28.5 Å². The van der Waals surface area contributed by atoms with Gasteiger partial charge in [0.1, 0.15) is 5.01 Å². The Bertz CT molecular complexity index is 888. The number of methoxy groups -OCH3 is 3. The van der Waals surface area contributed by atoms with Crippen LogP contribution in [0.3, 0.4) is 0 Å². The molecule has 0 saturated heterocycles. The van der Waals surface area contributed by atoms with Crippen molar-refractivity contribution in [2.24, 2.45) is 0 Å². The highest BCUT2D eigenvalue weighted by atomic mass is 32.1. The molecule has 134 valence electrons. The van der Waals surface area contributed by atoms with E-state index in [-0.39, 0.29) is 0 Å². The van der Waals surface area contributed by atoms with Crippen molar-refractivity contribution in [3.05, 3.63) is 57.9 Å². The Morgan fingerprint density at radius 2 is 1.54 bits per heavy atom. The summed E-state index contributed by atoms with van der Waals surface area (Å²) in [6.07, 6.45) is 3.98. The van der Waals surface area contributed by atoms with Crippen LogP contribution in [0.5, 0.6) is 17.2 Å². The van der Waals surface area contributed by atoms with E-state index >= 15 is 0 Å². The van der Waals surface area contributed by atoms with Crippen LogP contribution in [0.4, 0.5) is 0 Å². The molecule has 1 aromatic heterocycles. The van der Waals surface area contributed by atoms with E-state index in [1.165, 1.54) is 5.56 Å². The Hall–Kier alpha value is -2.79. The molecule has 0 fully saturated rings. The molecule has 2 aromatic carbocycles. The van der Waals surface area contributed by atoms with Crippen molar-refractivity contribution >= 4 is 23.5 Å². The molecule has 26 heavy (non-hydrogen) atoms. The first kappa shape index (κ1) is 18.0. The summed E-state index contributed by atoms with van der Waals surface area (Å²) in [4.78, 5) is 4.69. The summed E-state index contributed by atoms with van der Waals surface area (Å²) in [6.45, 7) is 2.08. The molecule has 0 aliphatic carbocycles. The average Bonchev–Trinajstić information content (AvgIpc) is 3.15. The van der Waals surface area contributed by atoms with E-state index in [9.17, 15) is 0 Å². The molecule has 0 N–H and O–H groups in total. The molecular weight excluding hydrogens is 346 g/mol. The smallest absolute Gasteiger partial charge is 0.203 e. The molecule has 1 heterocycles. The fraction of sp³-hybridized carbons (Fsp3) is 0.190. The highest BCUT2D eigenvalue weighted by Crippen LogP contribution is 2.38. The Balaban J connectivity index is 1.85. The first-order valence-electron chi connectivity index (χ1n) is 8.15. The molecule has 3 aromatic rings. The Morgan fingerprint density at radius 1 is 0.885 bits per heavy atom. The summed E-state index contributed by atoms with van der Waals surface area (Å²) >= 11 is 1.61. The Labute approximate surface area is 157 Å². The third kappa shape index (κ3) is 3.89. The number of ether oxygens (including phenoxy) is 3. The Kier molecular flexibility index (Phi) is 5.58. The van der Waals surface area contributed by atoms with Crippen LogP contribution in [0.15, 0.2) is 41.8 Å². The van der Waals surface area contributed by atoms with Gasteiger partial charge in [0.05, 0.1) is 27.0 Å². The predicted molar refractivity (Wildman–Crippen MR) is 107 cm³/mol. The molecule has 0 radical (unpaired) electrons. The number of thiazole rings is 1. The van der Waals surface area contributed by atoms with Crippen molar-refractivity contribution in [2.45, 2.75) is 6.92 Å². The molecule has 0 amide bonds. The molecule has 0 aliphatic heterocycles. The van der Waals surface area contributed by atoms with Crippen LogP contribution in [0, 0.1) is 6.92 Å². The quantitative estimate of drug-likeness (QED) is 0.592. The van der Waals surface area contributed by atoms with Gasteiger partial charge in [0.25, 0.3) is 0 Å². The van der Waals surface area contributed by atoms with Crippen LogP contribution < -0.4 is 14.2 Å².